The fourth-order valence-corrected chi connectivity index (χ4v) is 6.18. The third kappa shape index (κ3) is 37.2. The molecule has 1 unspecified atom stereocenters. The Hall–Kier alpha value is -1.62. The number of aliphatic hydroxyl groups is 1. The number of hydrogen-bond acceptors (Lipinski definition) is 5. The van der Waals surface area contributed by atoms with Gasteiger partial charge in [0.1, 0.15) is 6.61 Å². The highest BCUT2D eigenvalue weighted by atomic mass is 16.6. The number of hydrogen-bond donors (Lipinski definition) is 1. The first-order valence-corrected chi connectivity index (χ1v) is 20.9. The molecule has 48 heavy (non-hydrogen) atoms. The molecule has 0 spiro atoms. The van der Waals surface area contributed by atoms with Gasteiger partial charge in [0.2, 0.25) is 0 Å². The molecule has 0 saturated carbocycles. The van der Waals surface area contributed by atoms with Gasteiger partial charge in [-0.15, -0.1) is 0 Å². The lowest BCUT2D eigenvalue weighted by molar-refractivity contribution is -0.155. The smallest absolute Gasteiger partial charge is 0.330 e. The van der Waals surface area contributed by atoms with Gasteiger partial charge in [-0.2, -0.15) is 0 Å². The summed E-state index contributed by atoms with van der Waals surface area (Å²) < 4.78 is 10.4. The molecule has 5 heteroatoms. The van der Waals surface area contributed by atoms with Crippen molar-refractivity contribution in [2.75, 3.05) is 13.2 Å². The van der Waals surface area contributed by atoms with Crippen molar-refractivity contribution in [1.82, 2.24) is 0 Å². The van der Waals surface area contributed by atoms with Crippen LogP contribution in [-0.4, -0.2) is 36.4 Å². The number of aliphatic hydroxyl groups excluding tert-OH is 1. The average molecular weight is 677 g/mol. The predicted molar refractivity (Wildman–Crippen MR) is 205 cm³/mol. The van der Waals surface area contributed by atoms with Crippen LogP contribution < -0.4 is 0 Å². The molecule has 1 N–H and O–H groups in total. The highest BCUT2D eigenvalue weighted by Crippen LogP contribution is 2.15. The molecule has 282 valence electrons. The summed E-state index contributed by atoms with van der Waals surface area (Å²) in [6.45, 7) is 4.03. The molecule has 0 heterocycles. The van der Waals surface area contributed by atoms with Crippen molar-refractivity contribution in [2.24, 2.45) is 0 Å². The number of esters is 2. The normalized spacial score (nSPS) is 12.3. The Morgan fingerprint density at radius 2 is 0.750 bits per heavy atom. The standard InChI is InChI=1S/C43H80O5/c1-3-5-7-9-11-13-15-17-19-21-23-25-27-29-31-33-35-37-42(45)47-40-41(39-44)48-43(46)38-36-34-32-30-28-26-24-22-20-18-16-14-12-10-8-6-4-2/h35-38,41,44H,3-34,39-40H2,1-2H3. The van der Waals surface area contributed by atoms with Crippen LogP contribution in [0.1, 0.15) is 219 Å². The number of carbonyl (C=O) groups excluding carboxylic acids is 2. The second-order valence-electron chi connectivity index (χ2n) is 14.2. The van der Waals surface area contributed by atoms with E-state index in [2.05, 4.69) is 13.8 Å². The summed E-state index contributed by atoms with van der Waals surface area (Å²) in [6.07, 6.45) is 47.6. The highest BCUT2D eigenvalue weighted by molar-refractivity contribution is 5.82. The zero-order valence-electron chi connectivity index (χ0n) is 32.0. The second kappa shape index (κ2) is 39.8. The van der Waals surface area contributed by atoms with E-state index in [-0.39, 0.29) is 13.2 Å². The van der Waals surface area contributed by atoms with Crippen molar-refractivity contribution < 1.29 is 24.2 Å². The molecule has 0 aromatic rings. The van der Waals surface area contributed by atoms with Crippen LogP contribution in [0.15, 0.2) is 24.3 Å². The lowest BCUT2D eigenvalue weighted by atomic mass is 10.0. The van der Waals surface area contributed by atoms with Crippen molar-refractivity contribution in [3.63, 3.8) is 0 Å². The zero-order chi connectivity index (χ0) is 35.0. The predicted octanol–water partition coefficient (Wildman–Crippen LogP) is 13.1. The molecule has 0 radical (unpaired) electrons. The van der Waals surface area contributed by atoms with Crippen LogP contribution in [0, 0.1) is 0 Å². The second-order valence-corrected chi connectivity index (χ2v) is 14.2. The summed E-state index contributed by atoms with van der Waals surface area (Å²) in [5.41, 5.74) is 0. The van der Waals surface area contributed by atoms with E-state index in [1.807, 2.05) is 12.2 Å². The van der Waals surface area contributed by atoms with E-state index in [4.69, 9.17) is 9.47 Å². The Morgan fingerprint density at radius 1 is 0.458 bits per heavy atom. The summed E-state index contributed by atoms with van der Waals surface area (Å²) in [4.78, 5) is 24.1. The first-order valence-electron chi connectivity index (χ1n) is 20.9. The summed E-state index contributed by atoms with van der Waals surface area (Å²) in [5, 5.41) is 9.53. The Labute approximate surface area is 298 Å². The molecular weight excluding hydrogens is 596 g/mol. The first-order chi connectivity index (χ1) is 23.6. The zero-order valence-corrected chi connectivity index (χ0v) is 32.0. The van der Waals surface area contributed by atoms with Crippen LogP contribution in [0.3, 0.4) is 0 Å². The summed E-state index contributed by atoms with van der Waals surface area (Å²) in [7, 11) is 0. The van der Waals surface area contributed by atoms with Gasteiger partial charge in [0.15, 0.2) is 6.10 Å². The SMILES string of the molecule is CCCCCCCCCCCCCCCCCC=CC(=O)OCC(CO)OC(=O)C=CCCCCCCCCCCCCCCCCC. The van der Waals surface area contributed by atoms with Gasteiger partial charge in [-0.05, 0) is 25.7 Å². The molecule has 0 saturated heterocycles. The monoisotopic (exact) mass is 677 g/mol. The minimum atomic E-state index is -0.846. The number of rotatable bonds is 38. The third-order valence-electron chi connectivity index (χ3n) is 9.35. The van der Waals surface area contributed by atoms with Crippen molar-refractivity contribution >= 4 is 11.9 Å². The summed E-state index contributed by atoms with van der Waals surface area (Å²) in [6, 6.07) is 0. The van der Waals surface area contributed by atoms with E-state index in [1.165, 1.54) is 192 Å². The minimum Gasteiger partial charge on any atom is -0.458 e. The number of ether oxygens (including phenoxy) is 2. The molecule has 0 fully saturated rings. The summed E-state index contributed by atoms with van der Waals surface area (Å²) in [5.74, 6) is -0.969. The van der Waals surface area contributed by atoms with E-state index >= 15 is 0 Å². The topological polar surface area (TPSA) is 72.8 Å². The number of carbonyl (C=O) groups is 2. The summed E-state index contributed by atoms with van der Waals surface area (Å²) >= 11 is 0. The van der Waals surface area contributed by atoms with Crippen LogP contribution in [0.25, 0.3) is 0 Å². The lowest BCUT2D eigenvalue weighted by Crippen LogP contribution is -2.27. The van der Waals surface area contributed by atoms with Gasteiger partial charge < -0.3 is 14.6 Å². The van der Waals surface area contributed by atoms with Gasteiger partial charge in [-0.3, -0.25) is 0 Å². The Balaban J connectivity index is 3.59. The van der Waals surface area contributed by atoms with Crippen molar-refractivity contribution in [2.45, 2.75) is 225 Å². The number of unbranched alkanes of at least 4 members (excludes halogenated alkanes) is 30. The fourth-order valence-electron chi connectivity index (χ4n) is 6.18. The average Bonchev–Trinajstić information content (AvgIpc) is 3.09. The van der Waals surface area contributed by atoms with Crippen LogP contribution >= 0.6 is 0 Å². The van der Waals surface area contributed by atoms with Crippen LogP contribution in [0.5, 0.6) is 0 Å². The van der Waals surface area contributed by atoms with Crippen LogP contribution in [-0.2, 0) is 19.1 Å². The Bertz CT molecular complexity index is 731. The van der Waals surface area contributed by atoms with Crippen molar-refractivity contribution in [3.8, 4) is 0 Å². The van der Waals surface area contributed by atoms with E-state index in [0.29, 0.717) is 0 Å². The van der Waals surface area contributed by atoms with Crippen LogP contribution in [0.4, 0.5) is 0 Å². The maximum absolute atomic E-state index is 12.1. The molecule has 0 amide bonds. The van der Waals surface area contributed by atoms with Gasteiger partial charge in [0.25, 0.3) is 0 Å². The molecule has 0 aliphatic heterocycles. The molecule has 0 aliphatic carbocycles. The van der Waals surface area contributed by atoms with Gasteiger partial charge in [-0.25, -0.2) is 9.59 Å². The van der Waals surface area contributed by atoms with E-state index < -0.39 is 18.0 Å². The Morgan fingerprint density at radius 3 is 1.06 bits per heavy atom. The fraction of sp³-hybridized carbons (Fsp3) is 0.860. The maximum atomic E-state index is 12.1. The molecule has 1 atom stereocenters. The lowest BCUT2D eigenvalue weighted by Gasteiger charge is -2.13. The third-order valence-corrected chi connectivity index (χ3v) is 9.35. The van der Waals surface area contributed by atoms with Gasteiger partial charge in [-0.1, -0.05) is 206 Å². The van der Waals surface area contributed by atoms with Crippen molar-refractivity contribution in [3.05, 3.63) is 24.3 Å². The van der Waals surface area contributed by atoms with Gasteiger partial charge in [0, 0.05) is 12.2 Å². The van der Waals surface area contributed by atoms with Gasteiger partial charge >= 0.3 is 11.9 Å². The largest absolute Gasteiger partial charge is 0.458 e. The quantitative estimate of drug-likeness (QED) is 0.0400. The highest BCUT2D eigenvalue weighted by Gasteiger charge is 2.14. The van der Waals surface area contributed by atoms with E-state index in [0.717, 1.165) is 25.7 Å². The van der Waals surface area contributed by atoms with E-state index in [1.54, 1.807) is 0 Å². The minimum absolute atomic E-state index is 0.142. The van der Waals surface area contributed by atoms with Gasteiger partial charge in [0.05, 0.1) is 6.61 Å². The Kier molecular flexibility index (Phi) is 38.5. The molecule has 0 rings (SSSR count). The molecule has 0 aromatic carbocycles. The number of allylic oxidation sites excluding steroid dienone is 2. The molecule has 0 bridgehead atoms. The maximum Gasteiger partial charge on any atom is 0.330 e. The molecule has 5 nitrogen and oxygen atoms in total. The molecule has 0 aromatic heterocycles. The van der Waals surface area contributed by atoms with Crippen LogP contribution in [0.2, 0.25) is 0 Å². The first kappa shape index (κ1) is 46.4. The van der Waals surface area contributed by atoms with E-state index in [9.17, 15) is 14.7 Å². The molecular formula is C43H80O5. The van der Waals surface area contributed by atoms with Crippen molar-refractivity contribution in [1.29, 1.82) is 0 Å². The molecule has 0 aliphatic rings.